The Labute approximate surface area is 176 Å². The Morgan fingerprint density at radius 3 is 2.28 bits per heavy atom. The highest BCUT2D eigenvalue weighted by atomic mass is 35.5. The summed E-state index contributed by atoms with van der Waals surface area (Å²) in [6.07, 6.45) is 0.243. The van der Waals surface area contributed by atoms with Crippen LogP contribution in [0.1, 0.15) is 5.56 Å². The first kappa shape index (κ1) is 20.0. The molecule has 0 spiro atoms. The Morgan fingerprint density at radius 2 is 1.59 bits per heavy atom. The van der Waals surface area contributed by atoms with Gasteiger partial charge in [0.15, 0.2) is 0 Å². The van der Waals surface area contributed by atoms with Gasteiger partial charge in [0.2, 0.25) is 5.91 Å². The number of anilines is 3. The zero-order valence-electron chi connectivity index (χ0n) is 16.4. The number of nitrogens with one attached hydrogen (secondary N) is 1. The molecule has 2 aliphatic rings. The van der Waals surface area contributed by atoms with E-state index in [9.17, 15) is 4.79 Å². The molecule has 0 bridgehead atoms. The van der Waals surface area contributed by atoms with E-state index in [1.54, 1.807) is 6.07 Å². The molecule has 2 saturated heterocycles. The van der Waals surface area contributed by atoms with Crippen molar-refractivity contribution in [1.82, 2.24) is 0 Å². The molecule has 2 aromatic rings. The minimum Gasteiger partial charge on any atom is -0.378 e. The number of morpholine rings is 2. The highest BCUT2D eigenvalue weighted by Gasteiger charge is 2.20. The van der Waals surface area contributed by atoms with Crippen LogP contribution in [-0.4, -0.2) is 58.5 Å². The van der Waals surface area contributed by atoms with Crippen LogP contribution in [0.5, 0.6) is 0 Å². The molecule has 6 nitrogen and oxygen atoms in total. The van der Waals surface area contributed by atoms with Crippen molar-refractivity contribution < 1.29 is 14.3 Å². The van der Waals surface area contributed by atoms with Gasteiger partial charge >= 0.3 is 0 Å². The number of hydrogen-bond acceptors (Lipinski definition) is 5. The van der Waals surface area contributed by atoms with Gasteiger partial charge in [-0.2, -0.15) is 0 Å². The highest BCUT2D eigenvalue weighted by Crippen LogP contribution is 2.32. The number of hydrogen-bond donors (Lipinski definition) is 1. The Kier molecular flexibility index (Phi) is 6.54. The monoisotopic (exact) mass is 415 g/mol. The fourth-order valence-electron chi connectivity index (χ4n) is 3.72. The molecule has 4 rings (SSSR count). The first-order valence-electron chi connectivity index (χ1n) is 10.0. The Hall–Kier alpha value is -2.28. The van der Waals surface area contributed by atoms with Gasteiger partial charge in [-0.15, -0.1) is 0 Å². The van der Waals surface area contributed by atoms with Crippen molar-refractivity contribution in [3.8, 4) is 0 Å². The van der Waals surface area contributed by atoms with Crippen LogP contribution in [-0.2, 0) is 20.7 Å². The molecule has 0 atom stereocenters. The topological polar surface area (TPSA) is 54.0 Å². The Bertz CT molecular complexity index is 849. The third-order valence-corrected chi connectivity index (χ3v) is 5.66. The van der Waals surface area contributed by atoms with Crippen LogP contribution in [0.15, 0.2) is 42.5 Å². The lowest BCUT2D eigenvalue weighted by Crippen LogP contribution is -2.38. The van der Waals surface area contributed by atoms with Gasteiger partial charge in [0.05, 0.1) is 44.2 Å². The lowest BCUT2D eigenvalue weighted by molar-refractivity contribution is -0.115. The van der Waals surface area contributed by atoms with Gasteiger partial charge in [0.1, 0.15) is 0 Å². The number of carbonyl (C=O) groups is 1. The van der Waals surface area contributed by atoms with E-state index in [0.29, 0.717) is 18.2 Å². The highest BCUT2D eigenvalue weighted by molar-refractivity contribution is 6.31. The van der Waals surface area contributed by atoms with Crippen LogP contribution in [0.2, 0.25) is 5.02 Å². The second-order valence-electron chi connectivity index (χ2n) is 7.22. The van der Waals surface area contributed by atoms with Gasteiger partial charge in [-0.05, 0) is 29.8 Å². The number of benzene rings is 2. The van der Waals surface area contributed by atoms with Crippen LogP contribution in [0, 0.1) is 0 Å². The maximum atomic E-state index is 12.7. The fraction of sp³-hybridized carbons (Fsp3) is 0.409. The predicted molar refractivity (Wildman–Crippen MR) is 116 cm³/mol. The van der Waals surface area contributed by atoms with E-state index < -0.39 is 0 Å². The largest absolute Gasteiger partial charge is 0.378 e. The molecule has 7 heteroatoms. The molecular formula is C22H26ClN3O3. The van der Waals surface area contributed by atoms with Crippen LogP contribution < -0.4 is 15.1 Å². The van der Waals surface area contributed by atoms with Crippen molar-refractivity contribution >= 4 is 34.6 Å². The van der Waals surface area contributed by atoms with Crippen molar-refractivity contribution in [1.29, 1.82) is 0 Å². The van der Waals surface area contributed by atoms with Gasteiger partial charge in [-0.3, -0.25) is 4.79 Å². The normalized spacial score (nSPS) is 17.3. The summed E-state index contributed by atoms with van der Waals surface area (Å²) < 4.78 is 11.0. The molecule has 1 N–H and O–H groups in total. The predicted octanol–water partition coefficient (Wildman–Crippen LogP) is 3.19. The summed E-state index contributed by atoms with van der Waals surface area (Å²) in [7, 11) is 0. The molecular weight excluding hydrogens is 390 g/mol. The molecule has 0 unspecified atom stereocenters. The standard InChI is InChI=1S/C22H26ClN3O3/c23-19-4-2-1-3-17(19)15-22(27)24-20-6-5-18(25-7-11-28-12-8-25)16-21(20)26-9-13-29-14-10-26/h1-6,16H,7-15H2,(H,24,27). The maximum absolute atomic E-state index is 12.7. The average Bonchev–Trinajstić information content (AvgIpc) is 2.77. The Morgan fingerprint density at radius 1 is 0.931 bits per heavy atom. The SMILES string of the molecule is O=C(Cc1ccccc1Cl)Nc1ccc(N2CCOCC2)cc1N1CCOCC1. The number of carbonyl (C=O) groups excluding carboxylic acids is 1. The number of nitrogens with zero attached hydrogens (tertiary/aromatic N) is 2. The zero-order chi connectivity index (χ0) is 20.1. The molecule has 2 aliphatic heterocycles. The van der Waals surface area contributed by atoms with Crippen molar-refractivity contribution in [2.45, 2.75) is 6.42 Å². The number of rotatable bonds is 5. The van der Waals surface area contributed by atoms with Crippen LogP contribution in [0.3, 0.4) is 0 Å². The summed E-state index contributed by atoms with van der Waals surface area (Å²) >= 11 is 6.21. The van der Waals surface area contributed by atoms with Gasteiger partial charge in [-0.25, -0.2) is 0 Å². The fourth-order valence-corrected chi connectivity index (χ4v) is 3.92. The number of amides is 1. The molecule has 154 valence electrons. The van der Waals surface area contributed by atoms with Crippen molar-refractivity contribution in [3.63, 3.8) is 0 Å². The van der Waals surface area contributed by atoms with Crippen LogP contribution in [0.4, 0.5) is 17.1 Å². The lowest BCUT2D eigenvalue weighted by atomic mass is 10.1. The van der Waals surface area contributed by atoms with Gasteiger partial charge < -0.3 is 24.6 Å². The van der Waals surface area contributed by atoms with E-state index in [1.165, 1.54) is 0 Å². The summed E-state index contributed by atoms with van der Waals surface area (Å²) in [6, 6.07) is 13.7. The minimum absolute atomic E-state index is 0.0771. The van der Waals surface area contributed by atoms with Crippen molar-refractivity contribution in [3.05, 3.63) is 53.1 Å². The summed E-state index contributed by atoms with van der Waals surface area (Å²) in [5.41, 5.74) is 3.83. The van der Waals surface area contributed by atoms with Crippen LogP contribution >= 0.6 is 11.6 Å². The van der Waals surface area contributed by atoms with Gasteiger partial charge in [0.25, 0.3) is 0 Å². The molecule has 0 radical (unpaired) electrons. The third-order valence-electron chi connectivity index (χ3n) is 5.29. The molecule has 2 fully saturated rings. The van der Waals surface area contributed by atoms with E-state index in [2.05, 4.69) is 27.2 Å². The average molecular weight is 416 g/mol. The summed E-state index contributed by atoms with van der Waals surface area (Å²) in [5.74, 6) is -0.0771. The summed E-state index contributed by atoms with van der Waals surface area (Å²) in [4.78, 5) is 17.3. The molecule has 0 saturated carbocycles. The first-order valence-corrected chi connectivity index (χ1v) is 10.4. The summed E-state index contributed by atoms with van der Waals surface area (Å²) in [6.45, 7) is 6.22. The first-order chi connectivity index (χ1) is 14.2. The second-order valence-corrected chi connectivity index (χ2v) is 7.62. The molecule has 0 aliphatic carbocycles. The summed E-state index contributed by atoms with van der Waals surface area (Å²) in [5, 5.41) is 3.70. The molecule has 2 aromatic carbocycles. The van der Waals surface area contributed by atoms with E-state index in [0.717, 1.165) is 62.0 Å². The lowest BCUT2D eigenvalue weighted by Gasteiger charge is -2.33. The van der Waals surface area contributed by atoms with Crippen LogP contribution in [0.25, 0.3) is 0 Å². The number of halogens is 1. The van der Waals surface area contributed by atoms with Gasteiger partial charge in [-0.1, -0.05) is 29.8 Å². The second kappa shape index (κ2) is 9.48. The molecule has 2 heterocycles. The van der Waals surface area contributed by atoms with E-state index >= 15 is 0 Å². The van der Waals surface area contributed by atoms with Crippen molar-refractivity contribution in [2.24, 2.45) is 0 Å². The number of ether oxygens (including phenoxy) is 2. The molecule has 29 heavy (non-hydrogen) atoms. The van der Waals surface area contributed by atoms with E-state index in [4.69, 9.17) is 21.1 Å². The zero-order valence-corrected chi connectivity index (χ0v) is 17.2. The quantitative estimate of drug-likeness (QED) is 0.812. The molecule has 0 aromatic heterocycles. The smallest absolute Gasteiger partial charge is 0.228 e. The molecule has 1 amide bonds. The van der Waals surface area contributed by atoms with Crippen molar-refractivity contribution in [2.75, 3.05) is 67.7 Å². The maximum Gasteiger partial charge on any atom is 0.228 e. The van der Waals surface area contributed by atoms with Gasteiger partial charge in [0, 0.05) is 36.9 Å². The third kappa shape index (κ3) is 5.01. The van der Waals surface area contributed by atoms with E-state index in [1.807, 2.05) is 24.3 Å². The Balaban J connectivity index is 1.55. The van der Waals surface area contributed by atoms with E-state index in [-0.39, 0.29) is 12.3 Å². The minimum atomic E-state index is -0.0771.